The van der Waals surface area contributed by atoms with Gasteiger partial charge in [0.2, 0.25) is 17.6 Å². The molecule has 0 spiro atoms. The number of rotatable bonds is 4. The van der Waals surface area contributed by atoms with E-state index in [-0.39, 0.29) is 12.5 Å². The van der Waals surface area contributed by atoms with Gasteiger partial charge in [0, 0.05) is 12.0 Å². The molecule has 2 rings (SSSR count). The van der Waals surface area contributed by atoms with Gasteiger partial charge in [-0.3, -0.25) is 4.79 Å². The summed E-state index contributed by atoms with van der Waals surface area (Å²) in [5, 5.41) is 6.61. The predicted molar refractivity (Wildman–Crippen MR) is 66.6 cm³/mol. The van der Waals surface area contributed by atoms with E-state index in [1.165, 1.54) is 0 Å². The summed E-state index contributed by atoms with van der Waals surface area (Å²) in [6, 6.07) is 7.82. The van der Waals surface area contributed by atoms with Crippen molar-refractivity contribution in [3.63, 3.8) is 0 Å². The molecule has 1 heterocycles. The molecule has 0 aliphatic rings. The maximum Gasteiger partial charge on any atom is 0.246 e. The molecule has 18 heavy (non-hydrogen) atoms. The first-order valence-corrected chi connectivity index (χ1v) is 5.86. The molecular formula is C13H15N3O2. The van der Waals surface area contributed by atoms with Gasteiger partial charge in [-0.1, -0.05) is 36.3 Å². The molecule has 0 unspecified atom stereocenters. The lowest BCUT2D eigenvalue weighted by atomic mass is 10.1. The van der Waals surface area contributed by atoms with Crippen LogP contribution < -0.4 is 5.32 Å². The van der Waals surface area contributed by atoms with Gasteiger partial charge in [0.05, 0.1) is 6.54 Å². The molecule has 0 aliphatic heterocycles. The highest BCUT2D eigenvalue weighted by molar-refractivity contribution is 5.75. The van der Waals surface area contributed by atoms with Crippen LogP contribution in [0.15, 0.2) is 28.8 Å². The van der Waals surface area contributed by atoms with Crippen molar-refractivity contribution >= 4 is 5.91 Å². The standard InChI is InChI=1S/C13H15N3O2/c1-3-11(17)14-8-12-15-13(16-18-12)10-7-5-4-6-9(10)2/h4-7H,3,8H2,1-2H3,(H,14,17). The third-order valence-electron chi connectivity index (χ3n) is 2.61. The summed E-state index contributed by atoms with van der Waals surface area (Å²) >= 11 is 0. The van der Waals surface area contributed by atoms with Crippen LogP contribution >= 0.6 is 0 Å². The van der Waals surface area contributed by atoms with Crippen LogP contribution in [0.25, 0.3) is 11.4 Å². The molecule has 0 saturated heterocycles. The van der Waals surface area contributed by atoms with Crippen LogP contribution in [0.5, 0.6) is 0 Å². The predicted octanol–water partition coefficient (Wildman–Crippen LogP) is 2.07. The number of nitrogens with zero attached hydrogens (tertiary/aromatic N) is 2. The quantitative estimate of drug-likeness (QED) is 0.895. The summed E-state index contributed by atoms with van der Waals surface area (Å²) < 4.78 is 5.09. The van der Waals surface area contributed by atoms with Gasteiger partial charge in [-0.05, 0) is 12.5 Å². The van der Waals surface area contributed by atoms with Gasteiger partial charge in [-0.15, -0.1) is 0 Å². The van der Waals surface area contributed by atoms with Crippen LogP contribution in [0, 0.1) is 6.92 Å². The molecule has 0 bridgehead atoms. The highest BCUT2D eigenvalue weighted by Crippen LogP contribution is 2.19. The van der Waals surface area contributed by atoms with Gasteiger partial charge in [-0.2, -0.15) is 4.98 Å². The van der Waals surface area contributed by atoms with Gasteiger partial charge in [-0.25, -0.2) is 0 Å². The van der Waals surface area contributed by atoms with Gasteiger partial charge < -0.3 is 9.84 Å². The number of carbonyl (C=O) groups is 1. The third-order valence-corrected chi connectivity index (χ3v) is 2.61. The second-order valence-electron chi connectivity index (χ2n) is 3.96. The van der Waals surface area contributed by atoms with Crippen LogP contribution in [-0.4, -0.2) is 16.0 Å². The van der Waals surface area contributed by atoms with Crippen LogP contribution in [0.4, 0.5) is 0 Å². The van der Waals surface area contributed by atoms with E-state index in [0.29, 0.717) is 18.1 Å². The molecule has 1 N–H and O–H groups in total. The lowest BCUT2D eigenvalue weighted by Gasteiger charge is -1.98. The molecule has 0 fully saturated rings. The van der Waals surface area contributed by atoms with E-state index in [0.717, 1.165) is 11.1 Å². The van der Waals surface area contributed by atoms with Crippen molar-refractivity contribution in [2.75, 3.05) is 0 Å². The largest absolute Gasteiger partial charge is 0.347 e. The Balaban J connectivity index is 2.11. The first kappa shape index (κ1) is 12.3. The number of benzene rings is 1. The summed E-state index contributed by atoms with van der Waals surface area (Å²) in [5.74, 6) is 0.926. The Labute approximate surface area is 105 Å². The van der Waals surface area contributed by atoms with E-state index in [1.807, 2.05) is 31.2 Å². The zero-order chi connectivity index (χ0) is 13.0. The van der Waals surface area contributed by atoms with Gasteiger partial charge in [0.25, 0.3) is 0 Å². The van der Waals surface area contributed by atoms with Crippen molar-refractivity contribution in [2.45, 2.75) is 26.8 Å². The van der Waals surface area contributed by atoms with E-state index in [4.69, 9.17) is 4.52 Å². The number of amides is 1. The summed E-state index contributed by atoms with van der Waals surface area (Å²) in [4.78, 5) is 15.4. The van der Waals surface area contributed by atoms with Crippen molar-refractivity contribution in [1.82, 2.24) is 15.5 Å². The Kier molecular flexibility index (Phi) is 3.72. The van der Waals surface area contributed by atoms with E-state index >= 15 is 0 Å². The summed E-state index contributed by atoms with van der Waals surface area (Å²) in [6.45, 7) is 4.05. The normalized spacial score (nSPS) is 10.3. The molecular weight excluding hydrogens is 230 g/mol. The average molecular weight is 245 g/mol. The summed E-state index contributed by atoms with van der Waals surface area (Å²) in [7, 11) is 0. The van der Waals surface area contributed by atoms with E-state index in [1.54, 1.807) is 6.92 Å². The number of aryl methyl sites for hydroxylation is 1. The van der Waals surface area contributed by atoms with Crippen molar-refractivity contribution < 1.29 is 9.32 Å². The Hall–Kier alpha value is -2.17. The van der Waals surface area contributed by atoms with E-state index in [9.17, 15) is 4.79 Å². The highest BCUT2D eigenvalue weighted by atomic mass is 16.5. The van der Waals surface area contributed by atoms with Gasteiger partial charge in [0.1, 0.15) is 0 Å². The van der Waals surface area contributed by atoms with E-state index < -0.39 is 0 Å². The molecule has 2 aromatic rings. The van der Waals surface area contributed by atoms with Crippen molar-refractivity contribution in [3.8, 4) is 11.4 Å². The van der Waals surface area contributed by atoms with Crippen LogP contribution in [-0.2, 0) is 11.3 Å². The van der Waals surface area contributed by atoms with Crippen LogP contribution in [0.2, 0.25) is 0 Å². The van der Waals surface area contributed by atoms with Crippen LogP contribution in [0.1, 0.15) is 24.8 Å². The van der Waals surface area contributed by atoms with Crippen molar-refractivity contribution in [3.05, 3.63) is 35.7 Å². The molecule has 0 saturated carbocycles. The molecule has 5 nitrogen and oxygen atoms in total. The molecule has 94 valence electrons. The smallest absolute Gasteiger partial charge is 0.246 e. The minimum atomic E-state index is -0.0364. The minimum absolute atomic E-state index is 0.0364. The minimum Gasteiger partial charge on any atom is -0.347 e. The second kappa shape index (κ2) is 5.44. The lowest BCUT2D eigenvalue weighted by Crippen LogP contribution is -2.21. The fourth-order valence-electron chi connectivity index (χ4n) is 1.56. The first-order valence-electron chi connectivity index (χ1n) is 5.86. The zero-order valence-corrected chi connectivity index (χ0v) is 10.4. The number of hydrogen-bond acceptors (Lipinski definition) is 4. The molecule has 0 aliphatic carbocycles. The van der Waals surface area contributed by atoms with Gasteiger partial charge >= 0.3 is 0 Å². The first-order chi connectivity index (χ1) is 8.70. The maximum atomic E-state index is 11.1. The fraction of sp³-hybridized carbons (Fsp3) is 0.308. The SMILES string of the molecule is CCC(=O)NCc1nc(-c2ccccc2C)no1. The number of carbonyl (C=O) groups excluding carboxylic acids is 1. The summed E-state index contributed by atoms with van der Waals surface area (Å²) in [5.41, 5.74) is 2.02. The van der Waals surface area contributed by atoms with Crippen molar-refractivity contribution in [1.29, 1.82) is 0 Å². The number of hydrogen-bond donors (Lipinski definition) is 1. The van der Waals surface area contributed by atoms with Crippen molar-refractivity contribution in [2.24, 2.45) is 0 Å². The van der Waals surface area contributed by atoms with Gasteiger partial charge in [0.15, 0.2) is 0 Å². The third kappa shape index (κ3) is 2.74. The molecule has 0 atom stereocenters. The molecule has 1 amide bonds. The monoisotopic (exact) mass is 245 g/mol. The molecule has 1 aromatic carbocycles. The second-order valence-corrected chi connectivity index (χ2v) is 3.96. The Morgan fingerprint density at radius 3 is 2.89 bits per heavy atom. The van der Waals surface area contributed by atoms with E-state index in [2.05, 4.69) is 15.5 Å². The average Bonchev–Trinajstić information content (AvgIpc) is 2.85. The Morgan fingerprint density at radius 2 is 2.17 bits per heavy atom. The topological polar surface area (TPSA) is 68.0 Å². The lowest BCUT2D eigenvalue weighted by molar-refractivity contribution is -0.121. The molecule has 5 heteroatoms. The highest BCUT2D eigenvalue weighted by Gasteiger charge is 2.10. The number of nitrogens with one attached hydrogen (secondary N) is 1. The summed E-state index contributed by atoms with van der Waals surface area (Å²) in [6.07, 6.45) is 0.443. The zero-order valence-electron chi connectivity index (χ0n) is 10.4. The number of aromatic nitrogens is 2. The molecule has 1 aromatic heterocycles. The Morgan fingerprint density at radius 1 is 1.39 bits per heavy atom. The maximum absolute atomic E-state index is 11.1. The van der Waals surface area contributed by atoms with Crippen LogP contribution in [0.3, 0.4) is 0 Å². The fourth-order valence-corrected chi connectivity index (χ4v) is 1.56. The Bertz CT molecular complexity index is 549. The molecule has 0 radical (unpaired) electrons.